The van der Waals surface area contributed by atoms with Gasteiger partial charge in [0.2, 0.25) is 0 Å². The number of halogens is 9. The molecule has 0 saturated heterocycles. The molecular formula is C18H23F9O6. The van der Waals surface area contributed by atoms with Crippen LogP contribution in [0, 0.1) is 11.3 Å². The second kappa shape index (κ2) is 11.3. The zero-order chi connectivity index (χ0) is 26.4. The van der Waals surface area contributed by atoms with Crippen LogP contribution in [0.15, 0.2) is 0 Å². The number of hydrogen-bond donors (Lipinski definition) is 0. The van der Waals surface area contributed by atoms with Gasteiger partial charge in [0.05, 0.1) is 17.8 Å². The highest BCUT2D eigenvalue weighted by atomic mass is 19.4. The van der Waals surface area contributed by atoms with E-state index >= 15 is 0 Å². The van der Waals surface area contributed by atoms with E-state index in [2.05, 4.69) is 9.47 Å². The molecule has 0 aromatic rings. The fourth-order valence-electron chi connectivity index (χ4n) is 2.56. The third kappa shape index (κ3) is 11.5. The van der Waals surface area contributed by atoms with Gasteiger partial charge in [-0.3, -0.25) is 9.59 Å². The van der Waals surface area contributed by atoms with Gasteiger partial charge in [0.15, 0.2) is 6.61 Å². The zero-order valence-electron chi connectivity index (χ0n) is 17.9. The number of carbonyl (C=O) groups is 3. The van der Waals surface area contributed by atoms with E-state index in [1.54, 1.807) is 0 Å². The van der Waals surface area contributed by atoms with Crippen molar-refractivity contribution in [2.75, 3.05) is 6.61 Å². The summed E-state index contributed by atoms with van der Waals surface area (Å²) < 4.78 is 124. The standard InChI is InChI=1S/C18H23F9O6/c1-5-10(12(29)32-9(2)6-16(19,20)21)7-15(3,4)14(30)31-8-11(28)33-13(17(22,23)24)18(25,26)27/h9-10,13H,5-8H2,1-4H3. The quantitative estimate of drug-likeness (QED) is 0.239. The van der Waals surface area contributed by atoms with Gasteiger partial charge in [0.1, 0.15) is 6.10 Å². The zero-order valence-corrected chi connectivity index (χ0v) is 17.9. The first-order valence-corrected chi connectivity index (χ1v) is 9.37. The molecule has 0 N–H and O–H groups in total. The lowest BCUT2D eigenvalue weighted by Gasteiger charge is -2.27. The van der Waals surface area contributed by atoms with E-state index in [0.29, 0.717) is 0 Å². The van der Waals surface area contributed by atoms with E-state index in [1.807, 2.05) is 0 Å². The Morgan fingerprint density at radius 1 is 0.818 bits per heavy atom. The van der Waals surface area contributed by atoms with Crippen LogP contribution in [0.5, 0.6) is 0 Å². The van der Waals surface area contributed by atoms with E-state index in [4.69, 9.17) is 4.74 Å². The maximum atomic E-state index is 12.4. The highest BCUT2D eigenvalue weighted by Crippen LogP contribution is 2.36. The van der Waals surface area contributed by atoms with Crippen molar-refractivity contribution in [2.24, 2.45) is 11.3 Å². The average molecular weight is 506 g/mol. The van der Waals surface area contributed by atoms with Crippen LogP contribution < -0.4 is 0 Å². The minimum absolute atomic E-state index is 0.0230. The Bertz CT molecular complexity index is 668. The van der Waals surface area contributed by atoms with Crippen molar-refractivity contribution in [2.45, 2.75) is 77.7 Å². The Hall–Kier alpha value is -2.22. The van der Waals surface area contributed by atoms with Crippen LogP contribution in [0.2, 0.25) is 0 Å². The summed E-state index contributed by atoms with van der Waals surface area (Å²) in [5, 5.41) is 0. The molecule has 0 aliphatic heterocycles. The normalized spacial score (nSPS) is 15.1. The van der Waals surface area contributed by atoms with Crippen molar-refractivity contribution in [3.05, 3.63) is 0 Å². The topological polar surface area (TPSA) is 78.9 Å². The summed E-state index contributed by atoms with van der Waals surface area (Å²) in [6, 6.07) is 0. The molecule has 194 valence electrons. The number of esters is 3. The summed E-state index contributed by atoms with van der Waals surface area (Å²) >= 11 is 0. The second-order valence-electron chi connectivity index (χ2n) is 7.79. The lowest BCUT2D eigenvalue weighted by Crippen LogP contribution is -2.46. The molecule has 15 heteroatoms. The maximum absolute atomic E-state index is 12.4. The number of rotatable bonds is 10. The summed E-state index contributed by atoms with van der Waals surface area (Å²) in [7, 11) is 0. The average Bonchev–Trinajstić information content (AvgIpc) is 2.58. The molecule has 0 amide bonds. The van der Waals surface area contributed by atoms with Crippen LogP contribution in [-0.2, 0) is 28.6 Å². The fourth-order valence-corrected chi connectivity index (χ4v) is 2.56. The van der Waals surface area contributed by atoms with Crippen LogP contribution in [0.1, 0.15) is 47.0 Å². The van der Waals surface area contributed by atoms with Crippen molar-refractivity contribution in [1.82, 2.24) is 0 Å². The van der Waals surface area contributed by atoms with Crippen LogP contribution in [0.4, 0.5) is 39.5 Å². The molecule has 33 heavy (non-hydrogen) atoms. The lowest BCUT2D eigenvalue weighted by molar-refractivity contribution is -0.313. The number of ether oxygens (including phenoxy) is 3. The molecule has 2 atom stereocenters. The van der Waals surface area contributed by atoms with E-state index in [1.165, 1.54) is 20.8 Å². The first-order valence-electron chi connectivity index (χ1n) is 9.37. The van der Waals surface area contributed by atoms with Gasteiger partial charge < -0.3 is 14.2 Å². The summed E-state index contributed by atoms with van der Waals surface area (Å²) in [5.41, 5.74) is -1.61. The summed E-state index contributed by atoms with van der Waals surface area (Å²) in [5.74, 6) is -5.53. The number of alkyl halides is 9. The summed E-state index contributed by atoms with van der Waals surface area (Å²) in [6.07, 6.45) is -24.1. The van der Waals surface area contributed by atoms with Crippen molar-refractivity contribution in [3.63, 3.8) is 0 Å². The number of hydrogen-bond acceptors (Lipinski definition) is 6. The molecule has 0 heterocycles. The highest BCUT2D eigenvalue weighted by Gasteiger charge is 2.60. The van der Waals surface area contributed by atoms with Gasteiger partial charge in [-0.05, 0) is 33.6 Å². The predicted molar refractivity (Wildman–Crippen MR) is 91.4 cm³/mol. The van der Waals surface area contributed by atoms with Gasteiger partial charge in [-0.2, -0.15) is 39.5 Å². The Morgan fingerprint density at radius 2 is 1.30 bits per heavy atom. The largest absolute Gasteiger partial charge is 0.462 e. The summed E-state index contributed by atoms with van der Waals surface area (Å²) in [6.45, 7) is 3.27. The Kier molecular flexibility index (Phi) is 10.5. The molecule has 2 unspecified atom stereocenters. The first-order chi connectivity index (χ1) is 14.6. The monoisotopic (exact) mass is 506 g/mol. The Labute approximate surface area is 182 Å². The molecule has 0 radical (unpaired) electrons. The van der Waals surface area contributed by atoms with Gasteiger partial charge in [-0.15, -0.1) is 0 Å². The van der Waals surface area contributed by atoms with E-state index in [-0.39, 0.29) is 12.8 Å². The molecule has 0 aliphatic carbocycles. The molecular weight excluding hydrogens is 483 g/mol. The van der Waals surface area contributed by atoms with E-state index in [0.717, 1.165) is 6.92 Å². The van der Waals surface area contributed by atoms with Gasteiger partial charge >= 0.3 is 36.4 Å². The lowest BCUT2D eigenvalue weighted by atomic mass is 9.81. The van der Waals surface area contributed by atoms with Crippen LogP contribution >= 0.6 is 0 Å². The molecule has 0 aliphatic rings. The fraction of sp³-hybridized carbons (Fsp3) is 0.833. The SMILES string of the molecule is CCC(CC(C)(C)C(=O)OCC(=O)OC(C(F)(F)F)C(F)(F)F)C(=O)OC(C)CC(F)(F)F. The predicted octanol–water partition coefficient (Wildman–Crippen LogP) is 4.89. The van der Waals surface area contributed by atoms with Gasteiger partial charge in [-0.25, -0.2) is 4.79 Å². The van der Waals surface area contributed by atoms with Crippen molar-refractivity contribution in [1.29, 1.82) is 0 Å². The summed E-state index contributed by atoms with van der Waals surface area (Å²) in [4.78, 5) is 35.6. The third-order valence-electron chi connectivity index (χ3n) is 4.14. The van der Waals surface area contributed by atoms with E-state index < -0.39 is 73.0 Å². The van der Waals surface area contributed by atoms with Crippen LogP contribution in [-0.4, -0.2) is 55.3 Å². The Morgan fingerprint density at radius 3 is 1.70 bits per heavy atom. The van der Waals surface area contributed by atoms with Crippen LogP contribution in [0.3, 0.4) is 0 Å². The molecule has 0 bridgehead atoms. The van der Waals surface area contributed by atoms with Gasteiger partial charge in [0, 0.05) is 0 Å². The molecule has 0 spiro atoms. The Balaban J connectivity index is 4.99. The maximum Gasteiger partial charge on any atom is 0.434 e. The first kappa shape index (κ1) is 30.8. The second-order valence-corrected chi connectivity index (χ2v) is 7.79. The molecule has 0 rings (SSSR count). The van der Waals surface area contributed by atoms with Crippen molar-refractivity contribution < 1.29 is 68.1 Å². The van der Waals surface area contributed by atoms with Crippen molar-refractivity contribution in [3.8, 4) is 0 Å². The number of carbonyl (C=O) groups excluding carboxylic acids is 3. The smallest absolute Gasteiger partial charge is 0.434 e. The molecule has 0 aromatic carbocycles. The molecule has 0 aromatic heterocycles. The highest BCUT2D eigenvalue weighted by molar-refractivity contribution is 5.81. The third-order valence-corrected chi connectivity index (χ3v) is 4.14. The van der Waals surface area contributed by atoms with Crippen molar-refractivity contribution >= 4 is 17.9 Å². The van der Waals surface area contributed by atoms with E-state index in [9.17, 15) is 53.9 Å². The van der Waals surface area contributed by atoms with Crippen LogP contribution in [0.25, 0.3) is 0 Å². The molecule has 0 saturated carbocycles. The molecule has 0 fully saturated rings. The van der Waals surface area contributed by atoms with Gasteiger partial charge in [0.25, 0.3) is 6.10 Å². The van der Waals surface area contributed by atoms with Gasteiger partial charge in [-0.1, -0.05) is 6.92 Å². The minimum atomic E-state index is -5.95. The minimum Gasteiger partial charge on any atom is -0.462 e. The molecule has 6 nitrogen and oxygen atoms in total.